The Hall–Kier alpha value is -3.80. The van der Waals surface area contributed by atoms with Crippen molar-refractivity contribution in [2.45, 2.75) is 0 Å². The van der Waals surface area contributed by atoms with Crippen LogP contribution in [0.4, 0.5) is 11.4 Å². The van der Waals surface area contributed by atoms with Crippen molar-refractivity contribution in [3.8, 4) is 5.75 Å². The fourth-order valence-electron chi connectivity index (χ4n) is 3.61. The highest BCUT2D eigenvalue weighted by Gasteiger charge is 2.25. The van der Waals surface area contributed by atoms with Gasteiger partial charge in [-0.2, -0.15) is 0 Å². The number of nitrogens with zero attached hydrogens (tertiary/aromatic N) is 2. The van der Waals surface area contributed by atoms with Gasteiger partial charge in [-0.3, -0.25) is 9.59 Å². The molecule has 1 heterocycles. The number of carbonyl (C=O) groups excluding carboxylic acids is 2. The zero-order chi connectivity index (χ0) is 20.9. The number of hydrogen-bond acceptors (Lipinski definition) is 4. The number of para-hydroxylation sites is 3. The zero-order valence-electron chi connectivity index (χ0n) is 16.5. The standard InChI is InChI=1S/C24H23N3O3/c28-22-13-7-6-12-21(22)26-14-16-27(17-15-26)24(30)19-10-4-5-11-20(19)25-23(29)18-8-2-1-3-9-18/h1-13,28H,14-17H2,(H,25,29). The number of benzene rings is 3. The minimum absolute atomic E-state index is 0.115. The van der Waals surface area contributed by atoms with Crippen LogP contribution in [0.25, 0.3) is 0 Å². The minimum Gasteiger partial charge on any atom is -0.506 e. The molecule has 30 heavy (non-hydrogen) atoms. The largest absolute Gasteiger partial charge is 0.506 e. The van der Waals surface area contributed by atoms with Crippen molar-refractivity contribution in [3.63, 3.8) is 0 Å². The van der Waals surface area contributed by atoms with Crippen molar-refractivity contribution in [1.82, 2.24) is 4.90 Å². The highest BCUT2D eigenvalue weighted by Crippen LogP contribution is 2.28. The molecule has 1 aliphatic rings. The molecule has 6 nitrogen and oxygen atoms in total. The van der Waals surface area contributed by atoms with Crippen molar-refractivity contribution in [1.29, 1.82) is 0 Å². The molecule has 1 saturated heterocycles. The van der Waals surface area contributed by atoms with Gasteiger partial charge < -0.3 is 20.2 Å². The number of nitrogens with one attached hydrogen (secondary N) is 1. The van der Waals surface area contributed by atoms with Crippen LogP contribution in [0, 0.1) is 0 Å². The highest BCUT2D eigenvalue weighted by molar-refractivity contribution is 6.09. The van der Waals surface area contributed by atoms with E-state index in [1.807, 2.05) is 18.2 Å². The van der Waals surface area contributed by atoms with E-state index in [1.165, 1.54) is 0 Å². The number of anilines is 2. The highest BCUT2D eigenvalue weighted by atomic mass is 16.3. The molecule has 0 aromatic heterocycles. The monoisotopic (exact) mass is 401 g/mol. The van der Waals surface area contributed by atoms with Crippen LogP contribution >= 0.6 is 0 Å². The maximum Gasteiger partial charge on any atom is 0.256 e. The number of phenols is 1. The molecule has 0 saturated carbocycles. The molecule has 3 aromatic carbocycles. The fraction of sp³-hybridized carbons (Fsp3) is 0.167. The predicted molar refractivity (Wildman–Crippen MR) is 117 cm³/mol. The lowest BCUT2D eigenvalue weighted by atomic mass is 10.1. The van der Waals surface area contributed by atoms with Gasteiger partial charge in [-0.05, 0) is 36.4 Å². The molecular weight excluding hydrogens is 378 g/mol. The van der Waals surface area contributed by atoms with Crippen LogP contribution in [-0.4, -0.2) is 48.0 Å². The Kier molecular flexibility index (Phi) is 5.66. The molecular formula is C24H23N3O3. The number of hydrogen-bond donors (Lipinski definition) is 2. The lowest BCUT2D eigenvalue weighted by Crippen LogP contribution is -2.49. The quantitative estimate of drug-likeness (QED) is 0.701. The molecule has 0 atom stereocenters. The Balaban J connectivity index is 1.46. The normalized spacial score (nSPS) is 13.7. The SMILES string of the molecule is O=C(Nc1ccccc1C(=O)N1CCN(c2ccccc2O)CC1)c1ccccc1. The molecule has 0 unspecified atom stereocenters. The van der Waals surface area contributed by atoms with E-state index in [4.69, 9.17) is 0 Å². The molecule has 2 amide bonds. The molecule has 0 radical (unpaired) electrons. The van der Waals surface area contributed by atoms with E-state index in [-0.39, 0.29) is 17.6 Å². The smallest absolute Gasteiger partial charge is 0.256 e. The molecule has 1 aliphatic heterocycles. The summed E-state index contributed by atoms with van der Waals surface area (Å²) in [7, 11) is 0. The lowest BCUT2D eigenvalue weighted by molar-refractivity contribution is 0.0748. The summed E-state index contributed by atoms with van der Waals surface area (Å²) >= 11 is 0. The predicted octanol–water partition coefficient (Wildman–Crippen LogP) is 3.61. The first-order chi connectivity index (χ1) is 14.6. The molecule has 3 aromatic rings. The van der Waals surface area contributed by atoms with Crippen LogP contribution in [-0.2, 0) is 0 Å². The van der Waals surface area contributed by atoms with Crippen LogP contribution < -0.4 is 10.2 Å². The number of piperazine rings is 1. The summed E-state index contributed by atoms with van der Waals surface area (Å²) in [5, 5.41) is 12.9. The average molecular weight is 401 g/mol. The zero-order valence-corrected chi connectivity index (χ0v) is 16.5. The van der Waals surface area contributed by atoms with Gasteiger partial charge in [0.2, 0.25) is 0 Å². The van der Waals surface area contributed by atoms with Crippen LogP contribution in [0.15, 0.2) is 78.9 Å². The molecule has 152 valence electrons. The third kappa shape index (κ3) is 4.12. The first-order valence-electron chi connectivity index (χ1n) is 9.91. The molecule has 0 bridgehead atoms. The van der Waals surface area contributed by atoms with E-state index >= 15 is 0 Å². The van der Waals surface area contributed by atoms with Crippen LogP contribution in [0.1, 0.15) is 20.7 Å². The van der Waals surface area contributed by atoms with Crippen molar-refractivity contribution in [3.05, 3.63) is 90.0 Å². The summed E-state index contributed by atoms with van der Waals surface area (Å²) in [6, 6.07) is 23.2. The third-order valence-electron chi connectivity index (χ3n) is 5.23. The molecule has 0 aliphatic carbocycles. The number of rotatable bonds is 4. The Labute approximate surface area is 175 Å². The number of carbonyl (C=O) groups is 2. The van der Waals surface area contributed by atoms with Gasteiger partial charge in [0.05, 0.1) is 16.9 Å². The Morgan fingerprint density at radius 2 is 1.40 bits per heavy atom. The third-order valence-corrected chi connectivity index (χ3v) is 5.23. The van der Waals surface area contributed by atoms with Gasteiger partial charge in [0, 0.05) is 31.7 Å². The number of aromatic hydroxyl groups is 1. The summed E-state index contributed by atoms with van der Waals surface area (Å²) in [6.07, 6.45) is 0. The fourth-order valence-corrected chi connectivity index (χ4v) is 3.61. The summed E-state index contributed by atoms with van der Waals surface area (Å²) in [4.78, 5) is 29.5. The van der Waals surface area contributed by atoms with Crippen molar-refractivity contribution < 1.29 is 14.7 Å². The Bertz CT molecular complexity index is 1040. The van der Waals surface area contributed by atoms with E-state index in [9.17, 15) is 14.7 Å². The lowest BCUT2D eigenvalue weighted by Gasteiger charge is -2.36. The van der Waals surface area contributed by atoms with Crippen LogP contribution in [0.2, 0.25) is 0 Å². The molecule has 4 rings (SSSR count). The second-order valence-corrected chi connectivity index (χ2v) is 7.13. The van der Waals surface area contributed by atoms with Gasteiger partial charge in [-0.15, -0.1) is 0 Å². The van der Waals surface area contributed by atoms with Gasteiger partial charge in [0.15, 0.2) is 0 Å². The van der Waals surface area contributed by atoms with Gasteiger partial charge in [-0.1, -0.05) is 42.5 Å². The summed E-state index contributed by atoms with van der Waals surface area (Å²) < 4.78 is 0. The van der Waals surface area contributed by atoms with Crippen LogP contribution in [0.5, 0.6) is 5.75 Å². The minimum atomic E-state index is -0.250. The number of amides is 2. The van der Waals surface area contributed by atoms with E-state index in [0.29, 0.717) is 43.0 Å². The van der Waals surface area contributed by atoms with E-state index in [0.717, 1.165) is 5.69 Å². The summed E-state index contributed by atoms with van der Waals surface area (Å²) in [5.41, 5.74) is 2.29. The van der Waals surface area contributed by atoms with Crippen molar-refractivity contribution >= 4 is 23.2 Å². The molecule has 2 N–H and O–H groups in total. The Morgan fingerprint density at radius 1 is 0.767 bits per heavy atom. The Morgan fingerprint density at radius 3 is 2.13 bits per heavy atom. The maximum atomic E-state index is 13.2. The second kappa shape index (κ2) is 8.69. The van der Waals surface area contributed by atoms with Gasteiger partial charge >= 0.3 is 0 Å². The molecule has 6 heteroatoms. The summed E-state index contributed by atoms with van der Waals surface area (Å²) in [6.45, 7) is 2.33. The van der Waals surface area contributed by atoms with E-state index < -0.39 is 0 Å². The second-order valence-electron chi connectivity index (χ2n) is 7.13. The molecule has 0 spiro atoms. The van der Waals surface area contributed by atoms with Gasteiger partial charge in [0.25, 0.3) is 11.8 Å². The van der Waals surface area contributed by atoms with Crippen molar-refractivity contribution in [2.75, 3.05) is 36.4 Å². The first kappa shape index (κ1) is 19.5. The number of phenolic OH excluding ortho intramolecular Hbond substituents is 1. The van der Waals surface area contributed by atoms with Crippen LogP contribution in [0.3, 0.4) is 0 Å². The first-order valence-corrected chi connectivity index (χ1v) is 9.91. The topological polar surface area (TPSA) is 72.9 Å². The van der Waals surface area contributed by atoms with Gasteiger partial charge in [0.1, 0.15) is 5.75 Å². The maximum absolute atomic E-state index is 13.2. The van der Waals surface area contributed by atoms with E-state index in [2.05, 4.69) is 10.2 Å². The van der Waals surface area contributed by atoms with Gasteiger partial charge in [-0.25, -0.2) is 0 Å². The van der Waals surface area contributed by atoms with Crippen molar-refractivity contribution in [2.24, 2.45) is 0 Å². The average Bonchev–Trinajstić information content (AvgIpc) is 2.80. The molecule has 1 fully saturated rings. The van der Waals surface area contributed by atoms with E-state index in [1.54, 1.807) is 65.6 Å². The summed E-state index contributed by atoms with van der Waals surface area (Å²) in [5.74, 6) is -0.123.